The van der Waals surface area contributed by atoms with Crippen LogP contribution in [0.4, 0.5) is 5.69 Å². The van der Waals surface area contributed by atoms with Crippen molar-refractivity contribution in [3.8, 4) is 0 Å². The van der Waals surface area contributed by atoms with Crippen LogP contribution in [0.15, 0.2) is 83.6 Å². The minimum atomic E-state index is -4.27. The largest absolute Gasteiger partial charge is 0.744 e. The van der Waals surface area contributed by atoms with Gasteiger partial charge in [0.25, 0.3) is 0 Å². The molecule has 1 aromatic heterocycles. The van der Waals surface area contributed by atoms with Crippen molar-refractivity contribution in [2.24, 2.45) is 0 Å². The van der Waals surface area contributed by atoms with Crippen LogP contribution in [-0.2, 0) is 10.1 Å². The van der Waals surface area contributed by atoms with E-state index in [1.54, 1.807) is 18.2 Å². The molecule has 6 nitrogen and oxygen atoms in total. The van der Waals surface area contributed by atoms with Gasteiger partial charge in [0.05, 0.1) is 26.3 Å². The predicted molar refractivity (Wildman–Crippen MR) is 142 cm³/mol. The molecule has 0 bridgehead atoms. The number of fused-ring (bicyclic) bond motifs is 1. The first-order valence-corrected chi connectivity index (χ1v) is 13.3. The Labute approximate surface area is 216 Å². The van der Waals surface area contributed by atoms with Crippen LogP contribution >= 0.6 is 23.2 Å². The predicted octanol–water partition coefficient (Wildman–Crippen LogP) is 6.76. The Bertz CT molecular complexity index is 1450. The summed E-state index contributed by atoms with van der Waals surface area (Å²) in [5, 5.41) is 4.57. The van der Waals surface area contributed by atoms with Crippen molar-refractivity contribution in [1.29, 1.82) is 0 Å². The molecule has 4 aromatic rings. The lowest BCUT2D eigenvalue weighted by atomic mass is 10.2. The molecule has 4 rings (SSSR count). The molecule has 184 valence electrons. The van der Waals surface area contributed by atoms with Gasteiger partial charge in [-0.05, 0) is 49.7 Å². The molecule has 2 N–H and O–H groups in total. The molecule has 0 atom stereocenters. The van der Waals surface area contributed by atoms with E-state index in [0.29, 0.717) is 10.0 Å². The number of aromatic amines is 1. The number of allylic oxidation sites excluding steroid dienone is 2. The molecule has 3 aromatic carbocycles. The van der Waals surface area contributed by atoms with Crippen molar-refractivity contribution in [2.75, 3.05) is 5.32 Å². The lowest BCUT2D eigenvalue weighted by Gasteiger charge is -2.14. The quantitative estimate of drug-likeness (QED) is 0.212. The number of aryl methyl sites for hydroxylation is 1. The summed E-state index contributed by atoms with van der Waals surface area (Å²) in [5.74, 6) is 0. The Morgan fingerprint density at radius 2 is 1.66 bits per heavy atom. The lowest BCUT2D eigenvalue weighted by molar-refractivity contribution is -0.555. The van der Waals surface area contributed by atoms with Gasteiger partial charge in [0.2, 0.25) is 6.33 Å². The van der Waals surface area contributed by atoms with Gasteiger partial charge in [-0.1, -0.05) is 72.9 Å². The van der Waals surface area contributed by atoms with Crippen molar-refractivity contribution in [3.05, 3.63) is 94.4 Å². The fraction of sp³-hybridized carbons (Fsp3) is 0.192. The number of H-pyrrole nitrogens is 1. The van der Waals surface area contributed by atoms with Crippen LogP contribution in [0.25, 0.3) is 16.7 Å². The SMILES string of the molecule is CCC(Nc1cccc(Cl)c1Cl)=C(CC)[n+]1c[nH]c2ccccc21.Cc1ccc(S(=O)(=O)[O-])cc1. The first-order chi connectivity index (χ1) is 16.7. The summed E-state index contributed by atoms with van der Waals surface area (Å²) in [6.45, 7) is 6.11. The maximum atomic E-state index is 10.4. The number of imidazole rings is 1. The highest BCUT2D eigenvalue weighted by Crippen LogP contribution is 2.31. The fourth-order valence-electron chi connectivity index (χ4n) is 3.59. The van der Waals surface area contributed by atoms with E-state index in [1.165, 1.54) is 17.8 Å². The van der Waals surface area contributed by atoms with Crippen LogP contribution in [0.5, 0.6) is 0 Å². The third-order valence-corrected chi connectivity index (χ3v) is 7.06. The zero-order chi connectivity index (χ0) is 25.6. The molecular formula is C26H27Cl2N3O3S. The van der Waals surface area contributed by atoms with Gasteiger partial charge in [-0.25, -0.2) is 13.4 Å². The number of aromatic nitrogens is 2. The number of nitrogens with one attached hydrogen (secondary N) is 2. The maximum absolute atomic E-state index is 10.4. The van der Waals surface area contributed by atoms with Crippen LogP contribution in [0.1, 0.15) is 32.3 Å². The second-order valence-corrected chi connectivity index (χ2v) is 9.95. The monoisotopic (exact) mass is 531 g/mol. The highest BCUT2D eigenvalue weighted by atomic mass is 35.5. The molecule has 0 saturated heterocycles. The number of anilines is 1. The molecule has 9 heteroatoms. The van der Waals surface area contributed by atoms with E-state index in [2.05, 4.69) is 40.8 Å². The van der Waals surface area contributed by atoms with Crippen LogP contribution in [0.2, 0.25) is 10.0 Å². The normalized spacial score (nSPS) is 12.1. The van der Waals surface area contributed by atoms with Crippen molar-refractivity contribution in [1.82, 2.24) is 4.98 Å². The van der Waals surface area contributed by atoms with Crippen molar-refractivity contribution < 1.29 is 17.5 Å². The van der Waals surface area contributed by atoms with Gasteiger partial charge in [0.1, 0.15) is 15.8 Å². The molecule has 0 aliphatic rings. The average molecular weight is 532 g/mol. The third-order valence-electron chi connectivity index (χ3n) is 5.39. The third kappa shape index (κ3) is 6.64. The van der Waals surface area contributed by atoms with Crippen molar-refractivity contribution >= 4 is 55.7 Å². The lowest BCUT2D eigenvalue weighted by Crippen LogP contribution is -2.32. The molecule has 0 aliphatic heterocycles. The highest BCUT2D eigenvalue weighted by Gasteiger charge is 2.17. The highest BCUT2D eigenvalue weighted by molar-refractivity contribution is 7.85. The zero-order valence-electron chi connectivity index (χ0n) is 19.7. The van der Waals surface area contributed by atoms with E-state index in [9.17, 15) is 13.0 Å². The maximum Gasteiger partial charge on any atom is 0.247 e. The Kier molecular flexibility index (Phi) is 8.97. The summed E-state index contributed by atoms with van der Waals surface area (Å²) in [6, 6.07) is 19.7. The topological polar surface area (TPSA) is 88.9 Å². The molecule has 0 saturated carbocycles. The van der Waals surface area contributed by atoms with E-state index in [1.807, 2.05) is 37.5 Å². The Morgan fingerprint density at radius 1 is 0.971 bits per heavy atom. The van der Waals surface area contributed by atoms with Gasteiger partial charge in [0.15, 0.2) is 11.0 Å². The fourth-order valence-corrected chi connectivity index (χ4v) is 4.41. The number of hydrogen-bond donors (Lipinski definition) is 2. The van der Waals surface area contributed by atoms with Gasteiger partial charge < -0.3 is 9.87 Å². The van der Waals surface area contributed by atoms with Gasteiger partial charge >= 0.3 is 0 Å². The van der Waals surface area contributed by atoms with Gasteiger partial charge in [-0.15, -0.1) is 0 Å². The number of benzene rings is 3. The number of nitrogens with zero attached hydrogens (tertiary/aromatic N) is 1. The Balaban J connectivity index is 0.000000261. The molecule has 0 amide bonds. The molecule has 0 spiro atoms. The number of hydrogen-bond acceptors (Lipinski definition) is 4. The standard InChI is InChI=1S/C19H19Cl2N3.C7H8O3S/c1-3-14(23-16-10-7-8-13(20)19(16)21)17(4-2)24-12-22-15-9-5-6-11-18(15)24;1-6-2-4-7(5-3-6)11(8,9)10/h5-12,23H,3-4H2,1-2H3;2-5H,1H3,(H,8,9,10). The second-order valence-electron chi connectivity index (χ2n) is 7.79. The van der Waals surface area contributed by atoms with Gasteiger partial charge in [0, 0.05) is 6.42 Å². The van der Waals surface area contributed by atoms with E-state index >= 15 is 0 Å². The Hall–Kier alpha value is -2.84. The van der Waals surface area contributed by atoms with Crippen LogP contribution < -0.4 is 9.88 Å². The molecule has 1 heterocycles. The Morgan fingerprint density at radius 3 is 2.29 bits per heavy atom. The first-order valence-electron chi connectivity index (χ1n) is 11.1. The van der Waals surface area contributed by atoms with Crippen molar-refractivity contribution in [3.63, 3.8) is 0 Å². The number of halogens is 2. The summed E-state index contributed by atoms with van der Waals surface area (Å²) in [7, 11) is -4.27. The van der Waals surface area contributed by atoms with E-state index in [0.717, 1.165) is 40.8 Å². The minimum Gasteiger partial charge on any atom is -0.744 e. The smallest absolute Gasteiger partial charge is 0.247 e. The summed E-state index contributed by atoms with van der Waals surface area (Å²) in [6.07, 6.45) is 3.75. The van der Waals surface area contributed by atoms with Crippen LogP contribution in [0, 0.1) is 6.92 Å². The summed E-state index contributed by atoms with van der Waals surface area (Å²) in [4.78, 5) is 3.14. The minimum absolute atomic E-state index is 0.178. The molecule has 0 unspecified atom stereocenters. The zero-order valence-corrected chi connectivity index (χ0v) is 22.0. The van der Waals surface area contributed by atoms with E-state index in [-0.39, 0.29) is 4.90 Å². The number of para-hydroxylation sites is 2. The molecule has 35 heavy (non-hydrogen) atoms. The van der Waals surface area contributed by atoms with Crippen LogP contribution in [0.3, 0.4) is 0 Å². The average Bonchev–Trinajstić information content (AvgIpc) is 3.26. The number of rotatable bonds is 6. The summed E-state index contributed by atoms with van der Waals surface area (Å²) < 4.78 is 33.4. The first kappa shape index (κ1) is 26.8. The van der Waals surface area contributed by atoms with Crippen LogP contribution in [-0.4, -0.2) is 18.0 Å². The van der Waals surface area contributed by atoms with Gasteiger partial charge in [-0.3, -0.25) is 0 Å². The summed E-state index contributed by atoms with van der Waals surface area (Å²) in [5.41, 5.74) is 6.34. The molecule has 0 aliphatic carbocycles. The molecular weight excluding hydrogens is 505 g/mol. The molecule has 0 fully saturated rings. The second kappa shape index (κ2) is 11.7. The van der Waals surface area contributed by atoms with Gasteiger partial charge in [-0.2, -0.15) is 4.57 Å². The van der Waals surface area contributed by atoms with E-state index in [4.69, 9.17) is 23.2 Å². The summed E-state index contributed by atoms with van der Waals surface area (Å²) >= 11 is 12.5. The van der Waals surface area contributed by atoms with Crippen molar-refractivity contribution in [2.45, 2.75) is 38.5 Å². The van der Waals surface area contributed by atoms with E-state index < -0.39 is 10.1 Å². The molecule has 0 radical (unpaired) electrons.